The highest BCUT2D eigenvalue weighted by atomic mass is 28.4. The van der Waals surface area contributed by atoms with Crippen molar-refractivity contribution in [2.45, 2.75) is 124 Å². The molecule has 0 aliphatic carbocycles. The van der Waals surface area contributed by atoms with Crippen LogP contribution in [0.25, 0.3) is 0 Å². The van der Waals surface area contributed by atoms with Crippen molar-refractivity contribution in [2.24, 2.45) is 0 Å². The minimum atomic E-state index is -1.22. The van der Waals surface area contributed by atoms with E-state index < -0.39 is 33.3 Å². The van der Waals surface area contributed by atoms with E-state index in [-0.39, 0.29) is 0 Å². The fourth-order valence-electron chi connectivity index (χ4n) is 2.24. The Morgan fingerprint density at radius 2 is 0.774 bits per heavy atom. The van der Waals surface area contributed by atoms with Gasteiger partial charge in [-0.05, 0) is 76.6 Å². The predicted octanol–water partition coefficient (Wildman–Crippen LogP) is 8.60. The molecule has 0 spiro atoms. The van der Waals surface area contributed by atoms with Gasteiger partial charge in [0, 0.05) is 28.4 Å². The Morgan fingerprint density at radius 1 is 0.452 bits per heavy atom. The molecule has 31 heavy (non-hydrogen) atoms. The SMILES string of the molecule is CCC[Si](C)(C)OC.CCC[Si](C)(CCC)OC.CC[Si](C)(C)OC.CO[Si](C)(C)C. The number of rotatable bonds is 11. The van der Waals surface area contributed by atoms with E-state index in [9.17, 15) is 0 Å². The lowest BCUT2D eigenvalue weighted by Crippen LogP contribution is -2.32. The summed E-state index contributed by atoms with van der Waals surface area (Å²) in [5.41, 5.74) is 0. The van der Waals surface area contributed by atoms with Crippen LogP contribution in [-0.4, -0.2) is 61.7 Å². The first kappa shape index (κ1) is 38.9. The first-order valence-electron chi connectivity index (χ1n) is 12.2. The minimum Gasteiger partial charge on any atom is -0.421 e. The van der Waals surface area contributed by atoms with Gasteiger partial charge in [0.25, 0.3) is 0 Å². The van der Waals surface area contributed by atoms with E-state index in [2.05, 4.69) is 80.1 Å². The average Bonchev–Trinajstić information content (AvgIpc) is 2.69. The van der Waals surface area contributed by atoms with Gasteiger partial charge in [-0.15, -0.1) is 0 Å². The summed E-state index contributed by atoms with van der Waals surface area (Å²) in [7, 11) is 2.58. The zero-order valence-electron chi connectivity index (χ0n) is 24.6. The van der Waals surface area contributed by atoms with Gasteiger partial charge in [0.15, 0.2) is 33.3 Å². The monoisotopic (exact) mass is 514 g/mol. The largest absolute Gasteiger partial charge is 0.421 e. The summed E-state index contributed by atoms with van der Waals surface area (Å²) in [6.45, 7) is 26.6. The highest BCUT2D eigenvalue weighted by Gasteiger charge is 2.24. The lowest BCUT2D eigenvalue weighted by Gasteiger charge is -2.23. The summed E-state index contributed by atoms with van der Waals surface area (Å²) < 4.78 is 21.2. The zero-order chi connectivity index (χ0) is 25.8. The van der Waals surface area contributed by atoms with Crippen LogP contribution in [0.2, 0.25) is 76.6 Å². The molecule has 8 heteroatoms. The fraction of sp³-hybridized carbons (Fsp3) is 1.00. The molecular weight excluding hydrogens is 453 g/mol. The summed E-state index contributed by atoms with van der Waals surface area (Å²) >= 11 is 0. The molecule has 0 bridgehead atoms. The predicted molar refractivity (Wildman–Crippen MR) is 154 cm³/mol. The van der Waals surface area contributed by atoms with Gasteiger partial charge >= 0.3 is 0 Å². The van der Waals surface area contributed by atoms with Crippen molar-refractivity contribution in [1.29, 1.82) is 0 Å². The molecule has 194 valence electrons. The van der Waals surface area contributed by atoms with E-state index in [1.165, 1.54) is 43.4 Å². The number of hydrogen-bond acceptors (Lipinski definition) is 4. The Hall–Kier alpha value is 0.708. The number of hydrogen-bond donors (Lipinski definition) is 0. The van der Waals surface area contributed by atoms with Gasteiger partial charge in [-0.2, -0.15) is 0 Å². The fourth-order valence-corrected chi connectivity index (χ4v) is 6.71. The van der Waals surface area contributed by atoms with E-state index in [1.807, 2.05) is 14.2 Å². The van der Waals surface area contributed by atoms with Crippen LogP contribution in [0, 0.1) is 0 Å². The Morgan fingerprint density at radius 3 is 0.871 bits per heavy atom. The highest BCUT2D eigenvalue weighted by molar-refractivity contribution is 6.72. The first-order valence-corrected chi connectivity index (χ1v) is 24.7. The van der Waals surface area contributed by atoms with Crippen LogP contribution >= 0.6 is 0 Å². The molecule has 0 N–H and O–H groups in total. The lowest BCUT2D eigenvalue weighted by atomic mass is 10.6. The summed E-state index contributed by atoms with van der Waals surface area (Å²) in [4.78, 5) is 0. The quantitative estimate of drug-likeness (QED) is 0.259. The minimum absolute atomic E-state index is 1.13. The zero-order valence-corrected chi connectivity index (χ0v) is 28.6. The molecule has 0 amide bonds. The highest BCUT2D eigenvalue weighted by Crippen LogP contribution is 2.19. The molecule has 0 fully saturated rings. The van der Waals surface area contributed by atoms with Crippen molar-refractivity contribution in [3.63, 3.8) is 0 Å². The van der Waals surface area contributed by atoms with Crippen LogP contribution in [0.15, 0.2) is 0 Å². The normalized spacial score (nSPS) is 12.0. The Labute approximate surface area is 202 Å². The molecule has 0 atom stereocenters. The summed E-state index contributed by atoms with van der Waals surface area (Å²) in [6.07, 6.45) is 3.81. The second-order valence-electron chi connectivity index (χ2n) is 10.5. The lowest BCUT2D eigenvalue weighted by molar-refractivity contribution is 0.394. The Bertz CT molecular complexity index is 361. The van der Waals surface area contributed by atoms with Gasteiger partial charge in [-0.25, -0.2) is 0 Å². The maximum atomic E-state index is 5.56. The van der Waals surface area contributed by atoms with Crippen LogP contribution in [0.5, 0.6) is 0 Å². The van der Waals surface area contributed by atoms with Gasteiger partial charge < -0.3 is 17.7 Å². The average molecular weight is 515 g/mol. The van der Waals surface area contributed by atoms with Crippen molar-refractivity contribution in [3.8, 4) is 0 Å². The molecule has 4 nitrogen and oxygen atoms in total. The van der Waals surface area contributed by atoms with Gasteiger partial charge in [0.2, 0.25) is 0 Å². The van der Waals surface area contributed by atoms with Crippen molar-refractivity contribution < 1.29 is 17.7 Å². The Balaban J connectivity index is -0.000000160. The molecule has 0 heterocycles. The van der Waals surface area contributed by atoms with E-state index in [0.29, 0.717) is 0 Å². The molecule has 0 saturated heterocycles. The smallest absolute Gasteiger partial charge is 0.189 e. The maximum absolute atomic E-state index is 5.56. The van der Waals surface area contributed by atoms with Gasteiger partial charge in [-0.3, -0.25) is 0 Å². The van der Waals surface area contributed by atoms with Crippen LogP contribution < -0.4 is 0 Å². The topological polar surface area (TPSA) is 36.9 Å². The van der Waals surface area contributed by atoms with E-state index in [1.54, 1.807) is 14.2 Å². The molecule has 0 rings (SSSR count). The molecule has 0 aliphatic heterocycles. The van der Waals surface area contributed by atoms with Crippen LogP contribution in [0.4, 0.5) is 0 Å². The van der Waals surface area contributed by atoms with E-state index >= 15 is 0 Å². The maximum Gasteiger partial charge on any atom is 0.189 e. The van der Waals surface area contributed by atoms with Gasteiger partial charge in [-0.1, -0.05) is 47.0 Å². The van der Waals surface area contributed by atoms with Crippen LogP contribution in [-0.2, 0) is 17.7 Å². The molecule has 0 aliphatic rings. The molecule has 0 unspecified atom stereocenters. The second-order valence-corrected chi connectivity index (χ2v) is 28.5. The van der Waals surface area contributed by atoms with Crippen LogP contribution in [0.3, 0.4) is 0 Å². The molecule has 0 aromatic carbocycles. The second kappa shape index (κ2) is 21.3. The third-order valence-corrected chi connectivity index (χ3v) is 16.4. The molecular formula is C23H62O4Si4. The first-order chi connectivity index (χ1) is 14.0. The Kier molecular flexibility index (Phi) is 26.7. The summed E-state index contributed by atoms with van der Waals surface area (Å²) in [5, 5.41) is 0. The van der Waals surface area contributed by atoms with Crippen molar-refractivity contribution in [1.82, 2.24) is 0 Å². The molecule has 0 aromatic rings. The van der Waals surface area contributed by atoms with Crippen molar-refractivity contribution in [2.75, 3.05) is 28.4 Å². The standard InChI is InChI=1S/C8H20OSi.C6H16OSi.C5H14OSi.C4H12OSi/c1-5-7-10(4,9-3)8-6-2;1-5-6-8(3,4)7-2;1-5-7(3,4)6-2;1-5-6(2,3)4/h5-8H2,1-4H3;5-6H2,1-4H3;5H2,1-4H3;1-4H3. The van der Waals surface area contributed by atoms with Crippen molar-refractivity contribution >= 4 is 33.3 Å². The van der Waals surface area contributed by atoms with E-state index in [0.717, 1.165) is 0 Å². The van der Waals surface area contributed by atoms with Crippen molar-refractivity contribution in [3.05, 3.63) is 0 Å². The summed E-state index contributed by atoms with van der Waals surface area (Å²) in [5.74, 6) is 0. The summed E-state index contributed by atoms with van der Waals surface area (Å²) in [6, 6.07) is 5.13. The van der Waals surface area contributed by atoms with Gasteiger partial charge in [0.05, 0.1) is 0 Å². The van der Waals surface area contributed by atoms with E-state index in [4.69, 9.17) is 17.7 Å². The third-order valence-electron chi connectivity index (χ3n) is 5.47. The molecule has 0 aromatic heterocycles. The molecule has 0 radical (unpaired) electrons. The third kappa shape index (κ3) is 33.0. The van der Waals surface area contributed by atoms with Crippen LogP contribution in [0.1, 0.15) is 47.0 Å². The molecule has 0 saturated carbocycles. The van der Waals surface area contributed by atoms with Gasteiger partial charge in [0.1, 0.15) is 0 Å².